The van der Waals surface area contributed by atoms with Crippen LogP contribution in [0, 0.1) is 24.0 Å². The Bertz CT molecular complexity index is 1720. The number of benzene rings is 2. The summed E-state index contributed by atoms with van der Waals surface area (Å²) in [6, 6.07) is 3.95. The molecule has 44 heavy (non-hydrogen) atoms. The average Bonchev–Trinajstić information content (AvgIpc) is 3.16. The average molecular weight is 627 g/mol. The first-order valence-electron chi connectivity index (χ1n) is 14.6. The Balaban J connectivity index is 1.60. The predicted octanol–water partition coefficient (Wildman–Crippen LogP) is 4.68. The number of carbonyl (C=O) groups excluding carboxylic acids is 1. The van der Waals surface area contributed by atoms with Gasteiger partial charge in [0.2, 0.25) is 5.91 Å². The summed E-state index contributed by atoms with van der Waals surface area (Å²) in [5, 5.41) is 0.766. The molecule has 0 unspecified atom stereocenters. The van der Waals surface area contributed by atoms with Crippen LogP contribution in [0.1, 0.15) is 31.3 Å². The van der Waals surface area contributed by atoms with E-state index in [0.29, 0.717) is 55.5 Å². The molecule has 0 N–H and O–H groups in total. The number of methoxy groups -OCH3 is 2. The second-order valence-electron chi connectivity index (χ2n) is 12.1. The van der Waals surface area contributed by atoms with Crippen LogP contribution in [-0.2, 0) is 25.5 Å². The Morgan fingerprint density at radius 3 is 2.52 bits per heavy atom. The third-order valence-electron chi connectivity index (χ3n) is 8.98. The Kier molecular flexibility index (Phi) is 8.06. The molecule has 2 aromatic carbocycles. The highest BCUT2D eigenvalue weighted by Gasteiger charge is 2.43. The largest absolute Gasteiger partial charge is 0.380 e. The normalized spacial score (nSPS) is 21.1. The number of hydrogen-bond acceptors (Lipinski definition) is 8. The lowest BCUT2D eigenvalue weighted by molar-refractivity contribution is -0.128. The van der Waals surface area contributed by atoms with Gasteiger partial charge in [-0.2, -0.15) is 4.98 Å². The van der Waals surface area contributed by atoms with Gasteiger partial charge in [0.1, 0.15) is 17.5 Å². The summed E-state index contributed by atoms with van der Waals surface area (Å²) in [7, 11) is 2.79. The third kappa shape index (κ3) is 4.92. The second-order valence-corrected chi connectivity index (χ2v) is 13.1. The molecule has 0 aliphatic carbocycles. The Labute approximate surface area is 258 Å². The van der Waals surface area contributed by atoms with Gasteiger partial charge in [0.15, 0.2) is 6.29 Å². The second kappa shape index (κ2) is 11.6. The quantitative estimate of drug-likeness (QED) is 0.288. The minimum atomic E-state index is -1.03. The monoisotopic (exact) mass is 626 g/mol. The van der Waals surface area contributed by atoms with Crippen molar-refractivity contribution in [2.24, 2.45) is 5.41 Å². The minimum Gasteiger partial charge on any atom is -0.380 e. The fraction of sp³-hybridized carbons (Fsp3) is 0.469. The smallest absolute Gasteiger partial charge is 0.350 e. The molecular weight excluding hydrogens is 590 g/mol. The van der Waals surface area contributed by atoms with Crippen LogP contribution in [0.5, 0.6) is 0 Å². The van der Waals surface area contributed by atoms with Crippen LogP contribution in [0.3, 0.4) is 0 Å². The highest BCUT2D eigenvalue weighted by atomic mass is 32.2. The van der Waals surface area contributed by atoms with Crippen molar-refractivity contribution in [2.75, 3.05) is 51.2 Å². The van der Waals surface area contributed by atoms with Crippen molar-refractivity contribution in [2.45, 2.75) is 50.6 Å². The number of nitrogens with zero attached hydrogens (tertiary/aromatic N) is 4. The Morgan fingerprint density at radius 2 is 1.89 bits per heavy atom. The summed E-state index contributed by atoms with van der Waals surface area (Å²) in [6.45, 7) is 11.8. The molecule has 9 nitrogen and oxygen atoms in total. The van der Waals surface area contributed by atoms with Crippen LogP contribution in [-0.4, -0.2) is 78.7 Å². The molecule has 12 heteroatoms. The molecule has 3 aliphatic rings. The van der Waals surface area contributed by atoms with E-state index in [-0.39, 0.29) is 34.5 Å². The minimum absolute atomic E-state index is 0.0724. The molecule has 6 rings (SSSR count). The molecule has 0 radical (unpaired) electrons. The van der Waals surface area contributed by atoms with Gasteiger partial charge >= 0.3 is 5.69 Å². The molecular formula is C32H36F2N4O5S. The number of aryl methyl sites for hydroxylation is 1. The van der Waals surface area contributed by atoms with Crippen molar-refractivity contribution in [3.05, 3.63) is 64.1 Å². The number of aromatic nitrogens is 2. The third-order valence-corrected chi connectivity index (χ3v) is 10.4. The molecule has 1 spiro atoms. The fourth-order valence-electron chi connectivity index (χ4n) is 6.67. The van der Waals surface area contributed by atoms with E-state index in [2.05, 4.69) is 16.5 Å². The van der Waals surface area contributed by atoms with Gasteiger partial charge in [-0.3, -0.25) is 9.36 Å². The zero-order valence-corrected chi connectivity index (χ0v) is 26.3. The SMILES string of the molecule is C=CC(=O)N1C[C@H](C)N(c2nc(=O)n3c4c(c(-c5cc(C(OC)OC)c(F)cc5F)c(C)cc24)SCC2(COC2)C3)C[C@H]1C. The molecule has 3 aromatic rings. The lowest BCUT2D eigenvalue weighted by Crippen LogP contribution is -2.58. The van der Waals surface area contributed by atoms with Crippen molar-refractivity contribution in [1.29, 1.82) is 0 Å². The Hall–Kier alpha value is -3.32. The number of ether oxygens (including phenoxy) is 3. The van der Waals surface area contributed by atoms with E-state index in [0.717, 1.165) is 21.9 Å². The zero-order chi connectivity index (χ0) is 31.5. The van der Waals surface area contributed by atoms with Gasteiger partial charge in [0.25, 0.3) is 0 Å². The van der Waals surface area contributed by atoms with Gasteiger partial charge in [-0.1, -0.05) is 6.58 Å². The molecule has 1 aromatic heterocycles. The van der Waals surface area contributed by atoms with E-state index >= 15 is 4.39 Å². The zero-order valence-electron chi connectivity index (χ0n) is 25.5. The van der Waals surface area contributed by atoms with Crippen LogP contribution in [0.25, 0.3) is 22.0 Å². The maximum Gasteiger partial charge on any atom is 0.350 e. The number of rotatable bonds is 6. The number of anilines is 1. The number of piperazine rings is 1. The van der Waals surface area contributed by atoms with Crippen LogP contribution in [0.2, 0.25) is 0 Å². The molecule has 1 amide bonds. The van der Waals surface area contributed by atoms with Crippen LogP contribution >= 0.6 is 11.8 Å². The van der Waals surface area contributed by atoms with E-state index in [9.17, 15) is 14.0 Å². The fourth-order valence-corrected chi connectivity index (χ4v) is 8.15. The van der Waals surface area contributed by atoms with E-state index in [1.807, 2.05) is 26.8 Å². The first kappa shape index (κ1) is 30.7. The molecule has 3 aliphatic heterocycles. The highest BCUT2D eigenvalue weighted by molar-refractivity contribution is 7.99. The maximum atomic E-state index is 15.7. The van der Waals surface area contributed by atoms with E-state index in [1.54, 1.807) is 21.2 Å². The van der Waals surface area contributed by atoms with Crippen molar-refractivity contribution in [1.82, 2.24) is 14.5 Å². The predicted molar refractivity (Wildman–Crippen MR) is 165 cm³/mol. The van der Waals surface area contributed by atoms with E-state index in [4.69, 9.17) is 14.2 Å². The van der Waals surface area contributed by atoms with Gasteiger partial charge in [0, 0.05) is 90.1 Å². The van der Waals surface area contributed by atoms with Crippen molar-refractivity contribution in [3.8, 4) is 11.1 Å². The van der Waals surface area contributed by atoms with Crippen molar-refractivity contribution < 1.29 is 27.8 Å². The number of amides is 1. The summed E-state index contributed by atoms with van der Waals surface area (Å²) in [5.74, 6) is -0.457. The molecule has 2 fully saturated rings. The highest BCUT2D eigenvalue weighted by Crippen LogP contribution is 2.49. The lowest BCUT2D eigenvalue weighted by Gasteiger charge is -2.44. The topological polar surface area (TPSA) is 86.1 Å². The summed E-state index contributed by atoms with van der Waals surface area (Å²) < 4.78 is 48.6. The van der Waals surface area contributed by atoms with Gasteiger partial charge in [-0.15, -0.1) is 11.8 Å². The molecule has 2 atom stereocenters. The number of hydrogen-bond donors (Lipinski definition) is 0. The summed E-state index contributed by atoms with van der Waals surface area (Å²) in [4.78, 5) is 35.7. The first-order chi connectivity index (χ1) is 21.0. The molecule has 0 bridgehead atoms. The van der Waals surface area contributed by atoms with Gasteiger partial charge in [-0.25, -0.2) is 13.6 Å². The van der Waals surface area contributed by atoms with Gasteiger partial charge < -0.3 is 24.0 Å². The maximum absolute atomic E-state index is 15.7. The van der Waals surface area contributed by atoms with E-state index < -0.39 is 23.6 Å². The van der Waals surface area contributed by atoms with Crippen molar-refractivity contribution >= 4 is 34.4 Å². The molecule has 234 valence electrons. The molecule has 4 heterocycles. The molecule has 0 saturated carbocycles. The number of halogens is 2. The standard InChI is InChI=1S/C32H36F2N4O5S/c1-7-25(39)36-11-19(4)37(12-18(36)3)29-22-8-17(2)26(20-9-21(30(41-5)42-6)24(34)10-23(20)33)28-27(22)38(31(40)35-29)13-32(16-44-28)14-43-15-32/h7-10,18-19,30H,1,11-16H2,2-6H3/t18-,19+/m1/s1. The summed E-state index contributed by atoms with van der Waals surface area (Å²) >= 11 is 1.56. The van der Waals surface area contributed by atoms with Crippen LogP contribution < -0.4 is 10.6 Å². The first-order valence-corrected chi connectivity index (χ1v) is 15.5. The van der Waals surface area contributed by atoms with Crippen LogP contribution in [0.4, 0.5) is 14.6 Å². The van der Waals surface area contributed by atoms with Gasteiger partial charge in [-0.05, 0) is 44.5 Å². The van der Waals surface area contributed by atoms with E-state index in [1.165, 1.54) is 26.4 Å². The van der Waals surface area contributed by atoms with Gasteiger partial charge in [0.05, 0.1) is 18.7 Å². The number of carbonyl (C=O) groups is 1. The summed E-state index contributed by atoms with van der Waals surface area (Å²) in [5.41, 5.74) is 1.59. The number of thioether (sulfide) groups is 1. The van der Waals surface area contributed by atoms with Crippen molar-refractivity contribution in [3.63, 3.8) is 0 Å². The van der Waals surface area contributed by atoms with Crippen LogP contribution in [0.15, 0.2) is 40.5 Å². The lowest BCUT2D eigenvalue weighted by atomic mass is 9.88. The molecule has 2 saturated heterocycles. The Morgan fingerprint density at radius 1 is 1.16 bits per heavy atom. The summed E-state index contributed by atoms with van der Waals surface area (Å²) in [6.07, 6.45) is 0.292.